The number of carbonyl (C=O) groups is 1. The van der Waals surface area contributed by atoms with E-state index in [4.69, 9.17) is 15.3 Å². The number of aryl methyl sites for hydroxylation is 2. The van der Waals surface area contributed by atoms with Crippen LogP contribution in [-0.4, -0.2) is 56.4 Å². The van der Waals surface area contributed by atoms with E-state index in [1.54, 1.807) is 11.7 Å². The Labute approximate surface area is 111 Å². The van der Waals surface area contributed by atoms with Gasteiger partial charge in [0.25, 0.3) is 0 Å². The molecule has 1 aromatic rings. The van der Waals surface area contributed by atoms with Crippen molar-refractivity contribution in [3.05, 3.63) is 17.0 Å². The van der Waals surface area contributed by atoms with E-state index in [1.807, 2.05) is 13.8 Å². The van der Waals surface area contributed by atoms with Crippen LogP contribution >= 0.6 is 0 Å². The Kier molecular flexibility index (Phi) is 5.04. The Morgan fingerprint density at radius 2 is 1.79 bits per heavy atom. The maximum Gasteiger partial charge on any atom is 0.225 e. The minimum Gasteiger partial charge on any atom is -0.394 e. The third-order valence-corrected chi connectivity index (χ3v) is 3.31. The zero-order valence-electron chi connectivity index (χ0n) is 11.5. The topological polar surface area (TPSA) is 108 Å². The van der Waals surface area contributed by atoms with Crippen molar-refractivity contribution in [2.24, 2.45) is 7.05 Å². The number of amides is 1. The number of aliphatic hydroxyl groups excluding tert-OH is 3. The smallest absolute Gasteiger partial charge is 0.225 e. The average molecular weight is 271 g/mol. The molecule has 19 heavy (non-hydrogen) atoms. The van der Waals surface area contributed by atoms with Gasteiger partial charge in [-0.1, -0.05) is 0 Å². The van der Waals surface area contributed by atoms with Crippen molar-refractivity contribution in [1.82, 2.24) is 15.1 Å². The second-order valence-electron chi connectivity index (χ2n) is 4.75. The molecule has 0 aliphatic heterocycles. The normalized spacial score (nSPS) is 11.7. The van der Waals surface area contributed by atoms with Crippen molar-refractivity contribution in [2.45, 2.75) is 25.8 Å². The molecule has 7 nitrogen and oxygen atoms in total. The van der Waals surface area contributed by atoms with Crippen molar-refractivity contribution in [2.75, 3.05) is 19.8 Å². The Balaban J connectivity index is 2.80. The number of hydrogen-bond acceptors (Lipinski definition) is 5. The fourth-order valence-corrected chi connectivity index (χ4v) is 1.84. The van der Waals surface area contributed by atoms with Crippen LogP contribution in [0.5, 0.6) is 0 Å². The number of aliphatic hydroxyl groups is 3. The first-order chi connectivity index (χ1) is 8.89. The lowest BCUT2D eigenvalue weighted by Gasteiger charge is -2.28. The monoisotopic (exact) mass is 271 g/mol. The van der Waals surface area contributed by atoms with Gasteiger partial charge in [-0.3, -0.25) is 9.48 Å². The van der Waals surface area contributed by atoms with Gasteiger partial charge in [0.05, 0.1) is 31.9 Å². The highest BCUT2D eigenvalue weighted by Gasteiger charge is 2.30. The fraction of sp³-hybridized carbons (Fsp3) is 0.667. The first-order valence-electron chi connectivity index (χ1n) is 6.02. The molecule has 0 spiro atoms. The summed E-state index contributed by atoms with van der Waals surface area (Å²) in [5.41, 5.74) is 1.07. The van der Waals surface area contributed by atoms with E-state index < -0.39 is 25.4 Å². The largest absolute Gasteiger partial charge is 0.394 e. The zero-order valence-corrected chi connectivity index (χ0v) is 11.5. The van der Waals surface area contributed by atoms with Gasteiger partial charge in [0, 0.05) is 18.3 Å². The second kappa shape index (κ2) is 6.14. The summed E-state index contributed by atoms with van der Waals surface area (Å²) in [5, 5.41) is 34.1. The van der Waals surface area contributed by atoms with Gasteiger partial charge in [0.15, 0.2) is 0 Å². The van der Waals surface area contributed by atoms with Crippen LogP contribution < -0.4 is 5.32 Å². The number of rotatable bonds is 6. The first kappa shape index (κ1) is 15.6. The average Bonchev–Trinajstić information content (AvgIpc) is 2.63. The molecule has 4 N–H and O–H groups in total. The van der Waals surface area contributed by atoms with Gasteiger partial charge in [-0.05, 0) is 13.8 Å². The molecule has 0 bridgehead atoms. The minimum absolute atomic E-state index is 0.0905. The van der Waals surface area contributed by atoms with Crippen LogP contribution in [0, 0.1) is 13.8 Å². The van der Waals surface area contributed by atoms with Gasteiger partial charge in [0.1, 0.15) is 5.54 Å². The molecular formula is C12H21N3O4. The van der Waals surface area contributed by atoms with E-state index in [-0.39, 0.29) is 12.3 Å². The summed E-state index contributed by atoms with van der Waals surface area (Å²) in [5.74, 6) is -0.378. The highest BCUT2D eigenvalue weighted by Crippen LogP contribution is 2.13. The van der Waals surface area contributed by atoms with Crippen LogP contribution in [0.2, 0.25) is 0 Å². The third kappa shape index (κ3) is 3.31. The molecule has 0 unspecified atom stereocenters. The maximum absolute atomic E-state index is 11.9. The van der Waals surface area contributed by atoms with Crippen LogP contribution in [0.4, 0.5) is 0 Å². The van der Waals surface area contributed by atoms with E-state index in [0.717, 1.165) is 17.0 Å². The lowest BCUT2D eigenvalue weighted by molar-refractivity contribution is -0.124. The van der Waals surface area contributed by atoms with Crippen LogP contribution in [0.3, 0.4) is 0 Å². The quantitative estimate of drug-likeness (QED) is 0.499. The molecule has 108 valence electrons. The molecule has 0 saturated heterocycles. The van der Waals surface area contributed by atoms with E-state index in [1.165, 1.54) is 0 Å². The van der Waals surface area contributed by atoms with Gasteiger partial charge in [-0.25, -0.2) is 0 Å². The van der Waals surface area contributed by atoms with Crippen LogP contribution in [0.1, 0.15) is 17.0 Å². The summed E-state index contributed by atoms with van der Waals surface area (Å²) in [6.07, 6.45) is 0.0905. The molecule has 0 radical (unpaired) electrons. The molecule has 0 saturated carbocycles. The molecule has 1 aromatic heterocycles. The Bertz CT molecular complexity index is 444. The second-order valence-corrected chi connectivity index (χ2v) is 4.75. The van der Waals surface area contributed by atoms with Crippen molar-refractivity contribution in [3.8, 4) is 0 Å². The van der Waals surface area contributed by atoms with E-state index in [0.29, 0.717) is 0 Å². The van der Waals surface area contributed by atoms with Crippen molar-refractivity contribution < 1.29 is 20.1 Å². The summed E-state index contributed by atoms with van der Waals surface area (Å²) in [6.45, 7) is 2.08. The summed E-state index contributed by atoms with van der Waals surface area (Å²) < 4.78 is 1.69. The van der Waals surface area contributed by atoms with Crippen molar-refractivity contribution >= 4 is 5.91 Å². The predicted octanol–water partition coefficient (Wildman–Crippen LogP) is -1.59. The molecule has 0 fully saturated rings. The number of nitrogens with one attached hydrogen (secondary N) is 1. The fourth-order valence-electron chi connectivity index (χ4n) is 1.84. The minimum atomic E-state index is -1.39. The molecule has 0 aliphatic carbocycles. The van der Waals surface area contributed by atoms with Crippen LogP contribution in [0.15, 0.2) is 0 Å². The van der Waals surface area contributed by atoms with E-state index in [9.17, 15) is 4.79 Å². The lowest BCUT2D eigenvalue weighted by Crippen LogP contribution is -2.57. The molecule has 7 heteroatoms. The highest BCUT2D eigenvalue weighted by atomic mass is 16.3. The number of aromatic nitrogens is 2. The molecule has 0 aliphatic rings. The van der Waals surface area contributed by atoms with Crippen molar-refractivity contribution in [3.63, 3.8) is 0 Å². The number of carbonyl (C=O) groups excluding carboxylic acids is 1. The zero-order chi connectivity index (χ0) is 14.6. The maximum atomic E-state index is 11.9. The standard InChI is InChI=1S/C12H21N3O4/c1-8-10(9(2)15(3)14-8)4-11(19)13-12(5-16,6-17)7-18/h16-18H,4-7H2,1-3H3,(H,13,19). The van der Waals surface area contributed by atoms with Gasteiger partial charge >= 0.3 is 0 Å². The van der Waals surface area contributed by atoms with Crippen LogP contribution in [-0.2, 0) is 18.3 Å². The summed E-state index contributed by atoms with van der Waals surface area (Å²) in [6, 6.07) is 0. The number of hydrogen-bond donors (Lipinski definition) is 4. The molecular weight excluding hydrogens is 250 g/mol. The summed E-state index contributed by atoms with van der Waals surface area (Å²) in [4.78, 5) is 11.9. The van der Waals surface area contributed by atoms with E-state index in [2.05, 4.69) is 10.4 Å². The SMILES string of the molecule is Cc1nn(C)c(C)c1CC(=O)NC(CO)(CO)CO. The third-order valence-electron chi connectivity index (χ3n) is 3.31. The Hall–Kier alpha value is -1.44. The van der Waals surface area contributed by atoms with E-state index >= 15 is 0 Å². The molecule has 0 atom stereocenters. The lowest BCUT2D eigenvalue weighted by atomic mass is 10.0. The molecule has 0 aromatic carbocycles. The Morgan fingerprint density at radius 1 is 1.26 bits per heavy atom. The highest BCUT2D eigenvalue weighted by molar-refractivity contribution is 5.80. The van der Waals surface area contributed by atoms with Gasteiger partial charge < -0.3 is 20.6 Å². The summed E-state index contributed by atoms with van der Waals surface area (Å²) in [7, 11) is 1.79. The Morgan fingerprint density at radius 3 is 2.16 bits per heavy atom. The van der Waals surface area contributed by atoms with Crippen LogP contribution in [0.25, 0.3) is 0 Å². The van der Waals surface area contributed by atoms with Gasteiger partial charge in [-0.15, -0.1) is 0 Å². The summed E-state index contributed by atoms with van der Waals surface area (Å²) >= 11 is 0. The van der Waals surface area contributed by atoms with Crippen molar-refractivity contribution in [1.29, 1.82) is 0 Å². The molecule has 1 heterocycles. The number of nitrogens with zero attached hydrogens (tertiary/aromatic N) is 2. The molecule has 1 amide bonds. The van der Waals surface area contributed by atoms with Gasteiger partial charge in [0.2, 0.25) is 5.91 Å². The molecule has 1 rings (SSSR count). The predicted molar refractivity (Wildman–Crippen MR) is 68.5 cm³/mol. The first-order valence-corrected chi connectivity index (χ1v) is 6.02. The van der Waals surface area contributed by atoms with Gasteiger partial charge in [-0.2, -0.15) is 5.10 Å².